The van der Waals surface area contributed by atoms with E-state index in [1.807, 2.05) is 0 Å². The van der Waals surface area contributed by atoms with Crippen LogP contribution in [0.15, 0.2) is 35.5 Å². The van der Waals surface area contributed by atoms with E-state index in [2.05, 4.69) is 32.6 Å². The van der Waals surface area contributed by atoms with Crippen LogP contribution in [0.25, 0.3) is 0 Å². The smallest absolute Gasteiger partial charge is 0.242 e. The average Bonchev–Trinajstić information content (AvgIpc) is 3.10. The van der Waals surface area contributed by atoms with Crippen LogP contribution in [0.5, 0.6) is 0 Å². The largest absolute Gasteiger partial charge is 0.393 e. The van der Waals surface area contributed by atoms with Crippen LogP contribution < -0.4 is 0 Å². The van der Waals surface area contributed by atoms with E-state index >= 15 is 0 Å². The summed E-state index contributed by atoms with van der Waals surface area (Å²) >= 11 is 0. The minimum absolute atomic E-state index is 0.203. The molecule has 0 heterocycles. The summed E-state index contributed by atoms with van der Waals surface area (Å²) in [7, 11) is 0. The molecule has 0 bridgehead atoms. The summed E-state index contributed by atoms with van der Waals surface area (Å²) in [6, 6.07) is 0. The standard InChI is InChI=1S/C27H43NO5/c1-17(8-13-25(31)26(3,4)28(32)33)22-11-12-23-19(7-6-14-27(22,23)5)9-10-20-15-21(29)16-24(30)18(20)2/h9-10,17,21-25,29-31H,2,6-8,11-16H2,1,3-5H3/b19-9+,20-10-/t17-,21-,22?,23?,24+,25+,27-/m1/s1. The third kappa shape index (κ3) is 5.28. The maximum absolute atomic E-state index is 11.3. The van der Waals surface area contributed by atoms with Crippen LogP contribution in [0.3, 0.4) is 0 Å². The Labute approximate surface area is 198 Å². The molecule has 0 aromatic heterocycles. The number of aliphatic hydroxyl groups excluding tert-OH is 3. The zero-order valence-electron chi connectivity index (χ0n) is 20.8. The van der Waals surface area contributed by atoms with Crippen molar-refractivity contribution in [3.8, 4) is 0 Å². The van der Waals surface area contributed by atoms with Gasteiger partial charge < -0.3 is 15.3 Å². The first-order valence-corrected chi connectivity index (χ1v) is 12.7. The number of hydrogen-bond acceptors (Lipinski definition) is 5. The van der Waals surface area contributed by atoms with Crippen molar-refractivity contribution >= 4 is 0 Å². The Morgan fingerprint density at radius 3 is 2.64 bits per heavy atom. The Morgan fingerprint density at radius 1 is 1.27 bits per heavy atom. The molecule has 0 saturated heterocycles. The van der Waals surface area contributed by atoms with Gasteiger partial charge in [-0.1, -0.05) is 38.2 Å². The predicted octanol–water partition coefficient (Wildman–Crippen LogP) is 4.96. The van der Waals surface area contributed by atoms with Crippen LogP contribution in [-0.4, -0.2) is 44.1 Å². The summed E-state index contributed by atoms with van der Waals surface area (Å²) in [5.74, 6) is 1.46. The second-order valence-electron chi connectivity index (χ2n) is 11.6. The van der Waals surface area contributed by atoms with Crippen LogP contribution in [0.2, 0.25) is 0 Å². The Bertz CT molecular complexity index is 815. The quantitative estimate of drug-likeness (QED) is 0.367. The molecule has 33 heavy (non-hydrogen) atoms. The molecule has 3 rings (SSSR count). The summed E-state index contributed by atoms with van der Waals surface area (Å²) in [4.78, 5) is 10.9. The number of nitro groups is 1. The lowest BCUT2D eigenvalue weighted by Gasteiger charge is -2.44. The average molecular weight is 462 g/mol. The molecule has 6 heteroatoms. The van der Waals surface area contributed by atoms with E-state index in [0.717, 1.165) is 43.3 Å². The fraction of sp³-hybridized carbons (Fsp3) is 0.778. The van der Waals surface area contributed by atoms with Gasteiger partial charge in [0, 0.05) is 25.2 Å². The highest BCUT2D eigenvalue weighted by atomic mass is 16.6. The first-order valence-electron chi connectivity index (χ1n) is 12.7. The van der Waals surface area contributed by atoms with Gasteiger partial charge >= 0.3 is 0 Å². The number of nitrogens with zero attached hydrogens (tertiary/aromatic N) is 1. The Hall–Kier alpha value is -1.50. The zero-order valence-corrected chi connectivity index (χ0v) is 20.8. The van der Waals surface area contributed by atoms with Crippen molar-refractivity contribution in [2.24, 2.45) is 23.2 Å². The predicted molar refractivity (Wildman–Crippen MR) is 130 cm³/mol. The molecule has 2 unspecified atom stereocenters. The van der Waals surface area contributed by atoms with Crippen molar-refractivity contribution in [1.82, 2.24) is 0 Å². The van der Waals surface area contributed by atoms with Crippen LogP contribution in [-0.2, 0) is 0 Å². The van der Waals surface area contributed by atoms with Crippen molar-refractivity contribution in [3.63, 3.8) is 0 Å². The summed E-state index contributed by atoms with van der Waals surface area (Å²) < 4.78 is 0. The SMILES string of the molecule is C=C1/C(=C\C=C2/CCC[C@@]3(C)C2CCC3[C@H](C)CC[C@H](O)C(C)(C)[N+](=O)[O-])C[C@@H](O)C[C@@H]1O. The van der Waals surface area contributed by atoms with Crippen LogP contribution in [0.1, 0.15) is 85.5 Å². The minimum Gasteiger partial charge on any atom is -0.393 e. The van der Waals surface area contributed by atoms with Gasteiger partial charge in [-0.2, -0.15) is 0 Å². The van der Waals surface area contributed by atoms with E-state index in [-0.39, 0.29) is 10.3 Å². The van der Waals surface area contributed by atoms with Gasteiger partial charge in [0.05, 0.1) is 12.2 Å². The van der Waals surface area contributed by atoms with Crippen molar-refractivity contribution < 1.29 is 20.2 Å². The molecule has 3 aliphatic rings. The molecule has 0 aliphatic heterocycles. The molecule has 3 fully saturated rings. The van der Waals surface area contributed by atoms with E-state index in [0.29, 0.717) is 37.0 Å². The van der Waals surface area contributed by atoms with E-state index in [9.17, 15) is 25.4 Å². The molecule has 3 aliphatic carbocycles. The molecule has 6 nitrogen and oxygen atoms in total. The van der Waals surface area contributed by atoms with Crippen LogP contribution >= 0.6 is 0 Å². The second kappa shape index (κ2) is 10.0. The van der Waals surface area contributed by atoms with Crippen LogP contribution in [0, 0.1) is 33.3 Å². The molecule has 3 saturated carbocycles. The second-order valence-corrected chi connectivity index (χ2v) is 11.6. The highest BCUT2D eigenvalue weighted by Gasteiger charge is 2.51. The fourth-order valence-corrected chi connectivity index (χ4v) is 6.78. The maximum atomic E-state index is 11.3. The Morgan fingerprint density at radius 2 is 1.97 bits per heavy atom. The summed E-state index contributed by atoms with van der Waals surface area (Å²) in [6.07, 6.45) is 10.0. The van der Waals surface area contributed by atoms with Gasteiger partial charge in [0.1, 0.15) is 6.10 Å². The fourth-order valence-electron chi connectivity index (χ4n) is 6.78. The Kier molecular flexibility index (Phi) is 7.92. The number of allylic oxidation sites excluding steroid dienone is 3. The van der Waals surface area contributed by atoms with E-state index in [4.69, 9.17) is 0 Å². The molecule has 0 radical (unpaired) electrons. The molecular weight excluding hydrogens is 418 g/mol. The summed E-state index contributed by atoms with van der Waals surface area (Å²) in [5.41, 5.74) is 2.02. The van der Waals surface area contributed by atoms with Gasteiger partial charge in [-0.25, -0.2) is 0 Å². The minimum atomic E-state index is -1.32. The van der Waals surface area contributed by atoms with Gasteiger partial charge in [0.2, 0.25) is 5.54 Å². The topological polar surface area (TPSA) is 104 Å². The van der Waals surface area contributed by atoms with Crippen molar-refractivity contribution in [2.75, 3.05) is 0 Å². The Balaban J connectivity index is 1.70. The molecule has 186 valence electrons. The number of fused-ring (bicyclic) bond motifs is 1. The van der Waals surface area contributed by atoms with E-state index in [1.54, 1.807) is 0 Å². The first kappa shape index (κ1) is 26.1. The lowest BCUT2D eigenvalue weighted by atomic mass is 9.60. The van der Waals surface area contributed by atoms with E-state index < -0.39 is 23.9 Å². The molecule has 0 aromatic rings. The molecular formula is C27H43NO5. The highest BCUT2D eigenvalue weighted by molar-refractivity contribution is 5.38. The van der Waals surface area contributed by atoms with Crippen molar-refractivity contribution in [1.29, 1.82) is 0 Å². The monoisotopic (exact) mass is 461 g/mol. The normalized spacial score (nSPS) is 37.2. The van der Waals surface area contributed by atoms with Gasteiger partial charge in [-0.15, -0.1) is 0 Å². The van der Waals surface area contributed by atoms with E-state index in [1.165, 1.54) is 25.8 Å². The lowest BCUT2D eigenvalue weighted by Crippen LogP contribution is -2.44. The molecule has 3 N–H and O–H groups in total. The summed E-state index contributed by atoms with van der Waals surface area (Å²) in [5, 5.41) is 41.9. The highest BCUT2D eigenvalue weighted by Crippen LogP contribution is 2.60. The molecule has 7 atom stereocenters. The number of rotatable bonds is 7. The van der Waals surface area contributed by atoms with Crippen LogP contribution in [0.4, 0.5) is 0 Å². The molecule has 0 aromatic carbocycles. The van der Waals surface area contributed by atoms with Gasteiger partial charge in [0.25, 0.3) is 0 Å². The summed E-state index contributed by atoms with van der Waals surface area (Å²) in [6.45, 7) is 11.7. The zero-order chi connectivity index (χ0) is 24.6. The third-order valence-corrected chi connectivity index (χ3v) is 9.17. The van der Waals surface area contributed by atoms with Crippen molar-refractivity contribution in [2.45, 2.75) is 109 Å². The first-order chi connectivity index (χ1) is 15.4. The maximum Gasteiger partial charge on any atom is 0.242 e. The van der Waals surface area contributed by atoms with Gasteiger partial charge in [-0.3, -0.25) is 10.1 Å². The number of aliphatic hydroxyl groups is 3. The lowest BCUT2D eigenvalue weighted by molar-refractivity contribution is -0.573. The van der Waals surface area contributed by atoms with Gasteiger partial charge in [-0.05, 0) is 85.7 Å². The van der Waals surface area contributed by atoms with Crippen molar-refractivity contribution in [3.05, 3.63) is 45.6 Å². The third-order valence-electron chi connectivity index (χ3n) is 9.17. The molecule has 0 amide bonds. The number of hydrogen-bond donors (Lipinski definition) is 3. The van der Waals surface area contributed by atoms with Gasteiger partial charge in [0.15, 0.2) is 0 Å². The molecule has 0 spiro atoms.